The molecule has 20 heavy (non-hydrogen) atoms. The summed E-state index contributed by atoms with van der Waals surface area (Å²) in [5, 5.41) is 0. The zero-order valence-corrected chi connectivity index (χ0v) is 12.6. The molecule has 2 unspecified atom stereocenters. The maximum Gasteiger partial charge on any atom is 0.347 e. The van der Waals surface area contributed by atoms with Crippen molar-refractivity contribution in [2.45, 2.75) is 52.2 Å². The molecule has 0 saturated heterocycles. The monoisotopic (exact) mass is 279 g/mol. The summed E-state index contributed by atoms with van der Waals surface area (Å²) in [4.78, 5) is 11.8. The van der Waals surface area contributed by atoms with Crippen molar-refractivity contribution < 1.29 is 14.3 Å². The van der Waals surface area contributed by atoms with Gasteiger partial charge in [-0.25, -0.2) is 4.79 Å². The summed E-state index contributed by atoms with van der Waals surface area (Å²) in [6.07, 6.45) is 1.87. The number of carbonyl (C=O) groups excluding carboxylic acids is 1. The quantitative estimate of drug-likeness (QED) is 0.742. The van der Waals surface area contributed by atoms with Gasteiger partial charge >= 0.3 is 5.97 Å². The average Bonchev–Trinajstić information content (AvgIpc) is 2.47. The van der Waals surface area contributed by atoms with Crippen LogP contribution >= 0.6 is 0 Å². The molecule has 0 aromatic heterocycles. The van der Waals surface area contributed by atoms with Gasteiger partial charge in [0, 0.05) is 6.04 Å². The highest BCUT2D eigenvalue weighted by Crippen LogP contribution is 2.20. The molecule has 2 N–H and O–H groups in total. The zero-order chi connectivity index (χ0) is 15.0. The van der Waals surface area contributed by atoms with Crippen molar-refractivity contribution in [2.24, 2.45) is 5.73 Å². The molecular formula is C16H25NO3. The molecule has 4 nitrogen and oxygen atoms in total. The molecule has 0 aliphatic carbocycles. The number of esters is 1. The highest BCUT2D eigenvalue weighted by Gasteiger charge is 2.20. The summed E-state index contributed by atoms with van der Waals surface area (Å²) < 4.78 is 10.7. The Morgan fingerprint density at radius 3 is 2.35 bits per heavy atom. The highest BCUT2D eigenvalue weighted by molar-refractivity contribution is 5.75. The first-order valence-corrected chi connectivity index (χ1v) is 7.31. The minimum Gasteiger partial charge on any atom is -0.479 e. The van der Waals surface area contributed by atoms with E-state index in [-0.39, 0.29) is 12.0 Å². The third kappa shape index (κ3) is 4.85. The maximum absolute atomic E-state index is 11.8. The predicted molar refractivity (Wildman–Crippen MR) is 79.6 cm³/mol. The average molecular weight is 279 g/mol. The second-order valence-corrected chi connectivity index (χ2v) is 4.73. The molecule has 112 valence electrons. The smallest absolute Gasteiger partial charge is 0.347 e. The molecule has 1 aromatic carbocycles. The van der Waals surface area contributed by atoms with E-state index in [1.54, 1.807) is 6.92 Å². The van der Waals surface area contributed by atoms with Crippen molar-refractivity contribution in [3.05, 3.63) is 29.8 Å². The molecule has 1 rings (SSSR count). The first-order valence-electron chi connectivity index (χ1n) is 7.31. The lowest BCUT2D eigenvalue weighted by Crippen LogP contribution is -2.29. The molecule has 0 amide bonds. The van der Waals surface area contributed by atoms with E-state index < -0.39 is 6.10 Å². The summed E-state index contributed by atoms with van der Waals surface area (Å²) in [6.45, 7) is 6.22. The van der Waals surface area contributed by atoms with Gasteiger partial charge in [-0.05, 0) is 37.5 Å². The zero-order valence-electron chi connectivity index (χ0n) is 12.6. The fourth-order valence-electron chi connectivity index (χ4n) is 1.92. The Kier molecular flexibility index (Phi) is 7.09. The summed E-state index contributed by atoms with van der Waals surface area (Å²) in [7, 11) is 0. The number of ether oxygens (including phenoxy) is 2. The van der Waals surface area contributed by atoms with Crippen molar-refractivity contribution in [2.75, 3.05) is 6.61 Å². The Bertz CT molecular complexity index is 403. The third-order valence-electron chi connectivity index (χ3n) is 3.13. The summed E-state index contributed by atoms with van der Waals surface area (Å²) in [6, 6.07) is 7.63. The van der Waals surface area contributed by atoms with E-state index in [0.717, 1.165) is 18.4 Å². The summed E-state index contributed by atoms with van der Waals surface area (Å²) in [5.41, 5.74) is 7.04. The Labute approximate surface area is 121 Å². The number of hydrogen-bond acceptors (Lipinski definition) is 4. The van der Waals surface area contributed by atoms with E-state index >= 15 is 0 Å². The second kappa shape index (κ2) is 8.59. The molecule has 0 saturated carbocycles. The van der Waals surface area contributed by atoms with Crippen molar-refractivity contribution in [1.82, 2.24) is 0 Å². The van der Waals surface area contributed by atoms with Crippen molar-refractivity contribution >= 4 is 5.97 Å². The third-order valence-corrected chi connectivity index (χ3v) is 3.13. The van der Waals surface area contributed by atoms with Crippen LogP contribution in [0.2, 0.25) is 0 Å². The van der Waals surface area contributed by atoms with Crippen molar-refractivity contribution in [3.63, 3.8) is 0 Å². The van der Waals surface area contributed by atoms with Crippen molar-refractivity contribution in [1.29, 1.82) is 0 Å². The molecule has 0 bridgehead atoms. The van der Waals surface area contributed by atoms with E-state index in [1.807, 2.05) is 38.1 Å². The topological polar surface area (TPSA) is 61.5 Å². The first kappa shape index (κ1) is 16.5. The number of nitrogens with two attached hydrogens (primary N) is 1. The fraction of sp³-hybridized carbons (Fsp3) is 0.562. The van der Waals surface area contributed by atoms with Gasteiger partial charge in [-0.15, -0.1) is 0 Å². The van der Waals surface area contributed by atoms with Gasteiger partial charge in [0.1, 0.15) is 5.75 Å². The fourth-order valence-corrected chi connectivity index (χ4v) is 1.92. The van der Waals surface area contributed by atoms with Gasteiger partial charge in [0.2, 0.25) is 0 Å². The molecule has 1 aromatic rings. The summed E-state index contributed by atoms with van der Waals surface area (Å²) >= 11 is 0. The molecule has 0 heterocycles. The van der Waals surface area contributed by atoms with Crippen LogP contribution in [-0.2, 0) is 9.53 Å². The number of benzene rings is 1. The van der Waals surface area contributed by atoms with Crippen LogP contribution in [0.25, 0.3) is 0 Å². The molecule has 0 spiro atoms. The number of rotatable bonds is 8. The SMILES string of the molecule is CCCC(Oc1ccc(C(N)CC)cc1)C(=O)OCC. The molecule has 0 aliphatic rings. The number of hydrogen-bond donors (Lipinski definition) is 1. The Balaban J connectivity index is 2.71. The van der Waals surface area contributed by atoms with Crippen LogP contribution in [0, 0.1) is 0 Å². The lowest BCUT2D eigenvalue weighted by Gasteiger charge is -2.17. The standard InChI is InChI=1S/C16H25NO3/c1-4-7-15(16(18)19-6-3)20-13-10-8-12(9-11-13)14(17)5-2/h8-11,14-15H,4-7,17H2,1-3H3. The van der Waals surface area contributed by atoms with Crippen LogP contribution in [0.5, 0.6) is 5.75 Å². The van der Waals surface area contributed by atoms with Gasteiger partial charge in [0.25, 0.3) is 0 Å². The van der Waals surface area contributed by atoms with E-state index in [2.05, 4.69) is 0 Å². The molecule has 4 heteroatoms. The Morgan fingerprint density at radius 2 is 1.85 bits per heavy atom. The van der Waals surface area contributed by atoms with Gasteiger partial charge in [-0.3, -0.25) is 0 Å². The van der Waals surface area contributed by atoms with Crippen LogP contribution in [0.1, 0.15) is 51.6 Å². The van der Waals surface area contributed by atoms with E-state index in [9.17, 15) is 4.79 Å². The van der Waals surface area contributed by atoms with E-state index in [1.165, 1.54) is 0 Å². The Hall–Kier alpha value is -1.55. The highest BCUT2D eigenvalue weighted by atomic mass is 16.6. The van der Waals surface area contributed by atoms with Crippen LogP contribution in [0.15, 0.2) is 24.3 Å². The van der Waals surface area contributed by atoms with Gasteiger partial charge in [0.05, 0.1) is 6.61 Å². The van der Waals surface area contributed by atoms with Gasteiger partial charge < -0.3 is 15.2 Å². The maximum atomic E-state index is 11.8. The normalized spacial score (nSPS) is 13.6. The largest absolute Gasteiger partial charge is 0.479 e. The van der Waals surface area contributed by atoms with Crippen LogP contribution in [-0.4, -0.2) is 18.7 Å². The molecule has 2 atom stereocenters. The Morgan fingerprint density at radius 1 is 1.20 bits per heavy atom. The van der Waals surface area contributed by atoms with E-state index in [0.29, 0.717) is 18.8 Å². The predicted octanol–water partition coefficient (Wildman–Crippen LogP) is 3.21. The molecular weight excluding hydrogens is 254 g/mol. The molecule has 0 aliphatic heterocycles. The number of carbonyl (C=O) groups is 1. The lowest BCUT2D eigenvalue weighted by molar-refractivity contribution is -0.151. The van der Waals surface area contributed by atoms with Gasteiger partial charge in [0.15, 0.2) is 6.10 Å². The van der Waals surface area contributed by atoms with Crippen LogP contribution < -0.4 is 10.5 Å². The minimum atomic E-state index is -0.536. The molecule has 0 radical (unpaired) electrons. The van der Waals surface area contributed by atoms with Crippen LogP contribution in [0.3, 0.4) is 0 Å². The molecule has 0 fully saturated rings. The lowest BCUT2D eigenvalue weighted by atomic mass is 10.1. The van der Waals surface area contributed by atoms with Crippen LogP contribution in [0.4, 0.5) is 0 Å². The minimum absolute atomic E-state index is 0.0422. The second-order valence-electron chi connectivity index (χ2n) is 4.73. The van der Waals surface area contributed by atoms with E-state index in [4.69, 9.17) is 15.2 Å². The van der Waals surface area contributed by atoms with Gasteiger partial charge in [-0.1, -0.05) is 32.4 Å². The first-order chi connectivity index (χ1) is 9.62. The van der Waals surface area contributed by atoms with Crippen molar-refractivity contribution in [3.8, 4) is 5.75 Å². The summed E-state index contributed by atoms with van der Waals surface area (Å²) in [5.74, 6) is 0.368. The van der Waals surface area contributed by atoms with Gasteiger partial charge in [-0.2, -0.15) is 0 Å².